The van der Waals surface area contributed by atoms with Gasteiger partial charge in [-0.2, -0.15) is 0 Å². The van der Waals surface area contributed by atoms with Crippen LogP contribution in [0.15, 0.2) is 35.7 Å². The van der Waals surface area contributed by atoms with Gasteiger partial charge in [-0.05, 0) is 30.4 Å². The molecule has 1 aromatic carbocycles. The van der Waals surface area contributed by atoms with E-state index in [0.29, 0.717) is 0 Å². The van der Waals surface area contributed by atoms with Crippen molar-refractivity contribution in [1.29, 1.82) is 0 Å². The normalized spacial score (nSPS) is 12.6. The van der Waals surface area contributed by atoms with Gasteiger partial charge >= 0.3 is 0 Å². The molecule has 0 radical (unpaired) electrons. The van der Waals surface area contributed by atoms with Gasteiger partial charge in [0.2, 0.25) is 0 Å². The van der Waals surface area contributed by atoms with Crippen LogP contribution in [0.4, 0.5) is 0 Å². The number of hydrogen-bond acceptors (Lipinski definition) is 2. The number of rotatable bonds is 4. The second-order valence-corrected chi connectivity index (χ2v) is 5.59. The van der Waals surface area contributed by atoms with Crippen LogP contribution in [0.5, 0.6) is 0 Å². The highest BCUT2D eigenvalue weighted by Crippen LogP contribution is 2.29. The molecule has 0 amide bonds. The lowest BCUT2D eigenvalue weighted by Crippen LogP contribution is -2.07. The molecule has 3 heteroatoms. The van der Waals surface area contributed by atoms with Crippen LogP contribution in [0.25, 0.3) is 0 Å². The molecule has 1 unspecified atom stereocenters. The lowest BCUT2D eigenvalue weighted by atomic mass is 9.95. The molecule has 0 saturated carbocycles. The SMILES string of the molecule is Cc1ccc(C(CO)Cc2sccc2Cl)cc1. The maximum atomic E-state index is 9.50. The zero-order valence-electron chi connectivity index (χ0n) is 9.69. The van der Waals surface area contributed by atoms with E-state index in [1.807, 2.05) is 11.4 Å². The van der Waals surface area contributed by atoms with E-state index >= 15 is 0 Å². The molecule has 1 N–H and O–H groups in total. The first-order chi connectivity index (χ1) is 8.20. The molecule has 2 rings (SSSR count). The Morgan fingerprint density at radius 2 is 1.94 bits per heavy atom. The molecule has 1 aromatic heterocycles. The Morgan fingerprint density at radius 3 is 2.47 bits per heavy atom. The summed E-state index contributed by atoms with van der Waals surface area (Å²) in [5.74, 6) is 0.131. The Bertz CT molecular complexity index is 475. The molecule has 0 saturated heterocycles. The molecule has 0 spiro atoms. The van der Waals surface area contributed by atoms with E-state index < -0.39 is 0 Å². The Hall–Kier alpha value is -0.830. The second-order valence-electron chi connectivity index (χ2n) is 4.19. The summed E-state index contributed by atoms with van der Waals surface area (Å²) in [5, 5.41) is 12.3. The van der Waals surface area contributed by atoms with Crippen molar-refractivity contribution in [3.63, 3.8) is 0 Å². The van der Waals surface area contributed by atoms with Crippen molar-refractivity contribution >= 4 is 22.9 Å². The quantitative estimate of drug-likeness (QED) is 0.886. The van der Waals surface area contributed by atoms with Gasteiger partial charge in [-0.3, -0.25) is 0 Å². The summed E-state index contributed by atoms with van der Waals surface area (Å²) < 4.78 is 0. The van der Waals surface area contributed by atoms with E-state index in [1.54, 1.807) is 11.3 Å². The molecule has 0 fully saturated rings. The lowest BCUT2D eigenvalue weighted by Gasteiger charge is -2.14. The summed E-state index contributed by atoms with van der Waals surface area (Å²) in [5.41, 5.74) is 2.40. The standard InChI is InChI=1S/C14H15ClOS/c1-10-2-4-11(5-3-10)12(9-16)8-14-13(15)6-7-17-14/h2-7,12,16H,8-9H2,1H3. The Labute approximate surface area is 111 Å². The number of aliphatic hydroxyl groups is 1. The van der Waals surface area contributed by atoms with Gasteiger partial charge in [-0.15, -0.1) is 11.3 Å². The number of halogens is 1. The van der Waals surface area contributed by atoms with Crippen LogP contribution < -0.4 is 0 Å². The monoisotopic (exact) mass is 266 g/mol. The van der Waals surface area contributed by atoms with Crippen LogP contribution in [0.1, 0.15) is 21.9 Å². The fraction of sp³-hybridized carbons (Fsp3) is 0.286. The molecule has 2 aromatic rings. The maximum absolute atomic E-state index is 9.50. The molecule has 0 bridgehead atoms. The Morgan fingerprint density at radius 1 is 1.24 bits per heavy atom. The lowest BCUT2D eigenvalue weighted by molar-refractivity contribution is 0.265. The van der Waals surface area contributed by atoms with E-state index in [9.17, 15) is 5.11 Å². The summed E-state index contributed by atoms with van der Waals surface area (Å²) in [6, 6.07) is 10.2. The topological polar surface area (TPSA) is 20.2 Å². The average molecular weight is 267 g/mol. The van der Waals surface area contributed by atoms with E-state index in [0.717, 1.165) is 16.3 Å². The Balaban J connectivity index is 2.17. The number of hydrogen-bond donors (Lipinski definition) is 1. The average Bonchev–Trinajstić information content (AvgIpc) is 2.73. The smallest absolute Gasteiger partial charge is 0.0545 e. The van der Waals surface area contributed by atoms with E-state index in [-0.39, 0.29) is 12.5 Å². The molecule has 1 nitrogen and oxygen atoms in total. The molecule has 1 atom stereocenters. The molecule has 17 heavy (non-hydrogen) atoms. The van der Waals surface area contributed by atoms with E-state index in [2.05, 4.69) is 31.2 Å². The van der Waals surface area contributed by atoms with Crippen molar-refractivity contribution in [2.24, 2.45) is 0 Å². The third kappa shape index (κ3) is 3.09. The summed E-state index contributed by atoms with van der Waals surface area (Å²) in [4.78, 5) is 1.14. The number of benzene rings is 1. The predicted molar refractivity (Wildman–Crippen MR) is 74.0 cm³/mol. The number of thiophene rings is 1. The molecular formula is C14H15ClOS. The van der Waals surface area contributed by atoms with Crippen molar-refractivity contribution in [2.75, 3.05) is 6.61 Å². The summed E-state index contributed by atoms with van der Waals surface area (Å²) in [6.07, 6.45) is 0.802. The van der Waals surface area contributed by atoms with Crippen molar-refractivity contribution in [1.82, 2.24) is 0 Å². The van der Waals surface area contributed by atoms with Crippen LogP contribution in [0.2, 0.25) is 5.02 Å². The van der Waals surface area contributed by atoms with Gasteiger partial charge in [-0.25, -0.2) is 0 Å². The van der Waals surface area contributed by atoms with Crippen LogP contribution in [-0.2, 0) is 6.42 Å². The van der Waals surface area contributed by atoms with Crippen molar-refractivity contribution < 1.29 is 5.11 Å². The molecule has 0 aliphatic heterocycles. The third-order valence-corrected chi connectivity index (χ3v) is 4.30. The van der Waals surface area contributed by atoms with Crippen molar-refractivity contribution in [2.45, 2.75) is 19.3 Å². The van der Waals surface area contributed by atoms with Crippen molar-refractivity contribution in [3.05, 3.63) is 56.7 Å². The van der Waals surface area contributed by atoms with Crippen molar-refractivity contribution in [3.8, 4) is 0 Å². The van der Waals surface area contributed by atoms with Gasteiger partial charge in [0.1, 0.15) is 0 Å². The van der Waals surface area contributed by atoms with Gasteiger partial charge in [0.05, 0.1) is 11.6 Å². The second kappa shape index (κ2) is 5.67. The largest absolute Gasteiger partial charge is 0.396 e. The van der Waals surface area contributed by atoms with Gasteiger partial charge in [0.15, 0.2) is 0 Å². The first-order valence-corrected chi connectivity index (χ1v) is 6.85. The first-order valence-electron chi connectivity index (χ1n) is 5.60. The van der Waals surface area contributed by atoms with Crippen LogP contribution in [-0.4, -0.2) is 11.7 Å². The third-order valence-electron chi connectivity index (χ3n) is 2.89. The minimum absolute atomic E-state index is 0.131. The van der Waals surface area contributed by atoms with Crippen LogP contribution in [0.3, 0.4) is 0 Å². The van der Waals surface area contributed by atoms with Crippen LogP contribution in [0, 0.1) is 6.92 Å². The molecule has 0 aliphatic rings. The van der Waals surface area contributed by atoms with Crippen LogP contribution >= 0.6 is 22.9 Å². The summed E-state index contributed by atoms with van der Waals surface area (Å²) in [6.45, 7) is 2.21. The number of aliphatic hydroxyl groups excluding tert-OH is 1. The summed E-state index contributed by atoms with van der Waals surface area (Å²) >= 11 is 7.73. The molecule has 1 heterocycles. The van der Waals surface area contributed by atoms with Gasteiger partial charge in [0.25, 0.3) is 0 Å². The highest BCUT2D eigenvalue weighted by molar-refractivity contribution is 7.10. The first kappa shape index (κ1) is 12.6. The Kier molecular flexibility index (Phi) is 4.21. The van der Waals surface area contributed by atoms with Gasteiger partial charge in [0, 0.05) is 10.8 Å². The van der Waals surface area contributed by atoms with E-state index in [1.165, 1.54) is 11.1 Å². The zero-order chi connectivity index (χ0) is 12.3. The fourth-order valence-electron chi connectivity index (χ4n) is 1.82. The minimum Gasteiger partial charge on any atom is -0.396 e. The predicted octanol–water partition coefficient (Wildman–Crippen LogP) is 4.03. The minimum atomic E-state index is 0.131. The van der Waals surface area contributed by atoms with Gasteiger partial charge < -0.3 is 5.11 Å². The molecule has 90 valence electrons. The number of aryl methyl sites for hydroxylation is 1. The zero-order valence-corrected chi connectivity index (χ0v) is 11.3. The highest BCUT2D eigenvalue weighted by Gasteiger charge is 2.13. The highest BCUT2D eigenvalue weighted by atomic mass is 35.5. The van der Waals surface area contributed by atoms with Gasteiger partial charge in [-0.1, -0.05) is 41.4 Å². The summed E-state index contributed by atoms with van der Waals surface area (Å²) in [7, 11) is 0. The molecular weight excluding hydrogens is 252 g/mol. The maximum Gasteiger partial charge on any atom is 0.0545 e. The molecule has 0 aliphatic carbocycles. The van der Waals surface area contributed by atoms with E-state index in [4.69, 9.17) is 11.6 Å². The fourth-order valence-corrected chi connectivity index (χ4v) is 3.02.